The normalized spacial score (nSPS) is 18.5. The Morgan fingerprint density at radius 3 is 2.50 bits per heavy atom. The van der Waals surface area contributed by atoms with E-state index < -0.39 is 0 Å². The van der Waals surface area contributed by atoms with Gasteiger partial charge in [0.1, 0.15) is 5.75 Å². The monoisotopic (exact) mass is 509 g/mol. The van der Waals surface area contributed by atoms with Gasteiger partial charge in [-0.3, -0.25) is 9.59 Å². The number of carbonyl (C=O) groups excluding carboxylic acids is 2. The van der Waals surface area contributed by atoms with Crippen molar-refractivity contribution in [3.63, 3.8) is 0 Å². The number of nitrogens with zero attached hydrogens (tertiary/aromatic N) is 2. The molecule has 2 saturated heterocycles. The topological polar surface area (TPSA) is 61.9 Å². The van der Waals surface area contributed by atoms with Crippen LogP contribution >= 0.6 is 0 Å². The molecule has 3 heterocycles. The predicted molar refractivity (Wildman–Crippen MR) is 151 cm³/mol. The Morgan fingerprint density at radius 2 is 1.79 bits per heavy atom. The first kappa shape index (κ1) is 24.7. The van der Waals surface area contributed by atoms with Crippen LogP contribution in [0.25, 0.3) is 11.1 Å². The lowest BCUT2D eigenvalue weighted by Crippen LogP contribution is -2.41. The van der Waals surface area contributed by atoms with E-state index in [9.17, 15) is 9.59 Å². The number of hydrogen-bond donors (Lipinski definition) is 1. The highest BCUT2D eigenvalue weighted by molar-refractivity contribution is 5.96. The van der Waals surface area contributed by atoms with E-state index in [0.29, 0.717) is 12.8 Å². The van der Waals surface area contributed by atoms with Crippen LogP contribution in [0.5, 0.6) is 5.75 Å². The van der Waals surface area contributed by atoms with E-state index in [4.69, 9.17) is 4.74 Å². The maximum Gasteiger partial charge on any atom is 0.228 e. The van der Waals surface area contributed by atoms with Crippen molar-refractivity contribution >= 4 is 23.2 Å². The van der Waals surface area contributed by atoms with E-state index in [2.05, 4.69) is 42.4 Å². The summed E-state index contributed by atoms with van der Waals surface area (Å²) in [6.07, 6.45) is 4.08. The Morgan fingerprint density at radius 1 is 1.00 bits per heavy atom. The molecule has 0 aromatic heterocycles. The first-order valence-corrected chi connectivity index (χ1v) is 13.7. The molecule has 2 fully saturated rings. The van der Waals surface area contributed by atoms with E-state index in [0.717, 1.165) is 84.9 Å². The summed E-state index contributed by atoms with van der Waals surface area (Å²) in [4.78, 5) is 29.3. The van der Waals surface area contributed by atoms with E-state index >= 15 is 0 Å². The molecule has 3 aromatic carbocycles. The lowest BCUT2D eigenvalue weighted by Gasteiger charge is -2.36. The molecule has 6 nitrogen and oxygen atoms in total. The van der Waals surface area contributed by atoms with Crippen molar-refractivity contribution in [2.45, 2.75) is 44.4 Å². The van der Waals surface area contributed by atoms with Gasteiger partial charge in [0, 0.05) is 35.3 Å². The van der Waals surface area contributed by atoms with Gasteiger partial charge in [-0.25, -0.2) is 0 Å². The molecule has 2 amide bonds. The minimum absolute atomic E-state index is 0.0233. The zero-order chi connectivity index (χ0) is 26.3. The van der Waals surface area contributed by atoms with Crippen LogP contribution in [0.1, 0.15) is 42.4 Å². The summed E-state index contributed by atoms with van der Waals surface area (Å²) in [5.74, 6) is 1.15. The Bertz CT molecular complexity index is 1370. The van der Waals surface area contributed by atoms with Gasteiger partial charge in [-0.1, -0.05) is 30.3 Å². The smallest absolute Gasteiger partial charge is 0.228 e. The number of nitrogens with one attached hydrogen (secondary N) is 1. The average molecular weight is 510 g/mol. The van der Waals surface area contributed by atoms with Gasteiger partial charge < -0.3 is 19.9 Å². The van der Waals surface area contributed by atoms with E-state index in [-0.39, 0.29) is 17.2 Å². The van der Waals surface area contributed by atoms with Crippen molar-refractivity contribution in [1.29, 1.82) is 0 Å². The molecule has 1 spiro atoms. The molecule has 1 N–H and O–H groups in total. The third kappa shape index (κ3) is 4.69. The second-order valence-corrected chi connectivity index (χ2v) is 11.2. The van der Waals surface area contributed by atoms with E-state index in [1.54, 1.807) is 0 Å². The summed E-state index contributed by atoms with van der Waals surface area (Å²) < 4.78 is 6.04. The number of aryl methyl sites for hydroxylation is 1. The molecule has 0 saturated carbocycles. The van der Waals surface area contributed by atoms with Crippen LogP contribution in [-0.2, 0) is 21.4 Å². The van der Waals surface area contributed by atoms with E-state index in [1.165, 1.54) is 5.56 Å². The minimum atomic E-state index is -0.0233. The third-order valence-electron chi connectivity index (χ3n) is 8.50. The molecular formula is C32H35N3O3. The van der Waals surface area contributed by atoms with Gasteiger partial charge in [0.2, 0.25) is 11.8 Å². The molecule has 6 rings (SSSR count). The van der Waals surface area contributed by atoms with Crippen molar-refractivity contribution in [2.75, 3.05) is 43.5 Å². The van der Waals surface area contributed by atoms with Crippen molar-refractivity contribution in [3.8, 4) is 16.9 Å². The number of benzene rings is 3. The van der Waals surface area contributed by atoms with Crippen molar-refractivity contribution in [2.24, 2.45) is 0 Å². The lowest BCUT2D eigenvalue weighted by molar-refractivity contribution is -0.117. The standard InChI is InChI=1S/C32H35N3O3/c1-22-18-26(35-15-3-4-31(35)37)10-11-27(22)24-6-8-25(9-7-24)33-30(36)20-23-5-12-29-28(19-23)32(21-38-29)13-16-34(2)17-14-32/h5-12,18-19H,3-4,13-17,20-21H2,1-2H3,(H,33,36). The second-order valence-electron chi connectivity index (χ2n) is 11.2. The van der Waals surface area contributed by atoms with Crippen LogP contribution < -0.4 is 15.0 Å². The van der Waals surface area contributed by atoms with Crippen LogP contribution in [0.3, 0.4) is 0 Å². The first-order valence-electron chi connectivity index (χ1n) is 13.7. The molecule has 0 radical (unpaired) electrons. The summed E-state index contributed by atoms with van der Waals surface area (Å²) in [5, 5.41) is 3.06. The fourth-order valence-corrected chi connectivity index (χ4v) is 6.17. The van der Waals surface area contributed by atoms with Crippen LogP contribution in [0, 0.1) is 6.92 Å². The van der Waals surface area contributed by atoms with Crippen LogP contribution in [0.15, 0.2) is 60.7 Å². The van der Waals surface area contributed by atoms with Crippen LogP contribution in [-0.4, -0.2) is 50.0 Å². The second kappa shape index (κ2) is 9.91. The molecule has 0 atom stereocenters. The highest BCUT2D eigenvalue weighted by atomic mass is 16.5. The van der Waals surface area contributed by atoms with Crippen molar-refractivity contribution in [1.82, 2.24) is 4.90 Å². The van der Waals surface area contributed by atoms with Gasteiger partial charge in [0.25, 0.3) is 0 Å². The Balaban J connectivity index is 1.11. The predicted octanol–water partition coefficient (Wildman–Crippen LogP) is 5.33. The average Bonchev–Trinajstić information content (AvgIpc) is 3.50. The van der Waals surface area contributed by atoms with E-state index in [1.807, 2.05) is 47.4 Å². The highest BCUT2D eigenvalue weighted by Crippen LogP contribution is 2.45. The molecule has 38 heavy (non-hydrogen) atoms. The molecule has 0 unspecified atom stereocenters. The highest BCUT2D eigenvalue weighted by Gasteiger charge is 2.42. The molecule has 6 heteroatoms. The molecule has 0 bridgehead atoms. The lowest BCUT2D eigenvalue weighted by atomic mass is 9.74. The number of rotatable bonds is 5. The third-order valence-corrected chi connectivity index (χ3v) is 8.50. The zero-order valence-electron chi connectivity index (χ0n) is 22.3. The SMILES string of the molecule is Cc1cc(N2CCCC2=O)ccc1-c1ccc(NC(=O)Cc2ccc3c(c2)C2(CCN(C)CC2)CO3)cc1. The number of ether oxygens (including phenoxy) is 1. The van der Waals surface area contributed by atoms with Crippen molar-refractivity contribution < 1.29 is 14.3 Å². The molecule has 3 aromatic rings. The number of amides is 2. The Labute approximate surface area is 224 Å². The molecule has 3 aliphatic heterocycles. The number of carbonyl (C=O) groups is 2. The quantitative estimate of drug-likeness (QED) is 0.505. The van der Waals surface area contributed by atoms with Gasteiger partial charge >= 0.3 is 0 Å². The number of piperidine rings is 1. The largest absolute Gasteiger partial charge is 0.492 e. The summed E-state index contributed by atoms with van der Waals surface area (Å²) in [7, 11) is 2.17. The Kier molecular flexibility index (Phi) is 6.44. The van der Waals surface area contributed by atoms with Gasteiger partial charge in [0.05, 0.1) is 13.0 Å². The number of fused-ring (bicyclic) bond motifs is 2. The van der Waals surface area contributed by atoms with Gasteiger partial charge in [-0.05, 0) is 98.9 Å². The van der Waals surface area contributed by atoms with Gasteiger partial charge in [0.15, 0.2) is 0 Å². The summed E-state index contributed by atoms with van der Waals surface area (Å²) >= 11 is 0. The zero-order valence-corrected chi connectivity index (χ0v) is 22.3. The number of hydrogen-bond acceptors (Lipinski definition) is 4. The van der Waals surface area contributed by atoms with Gasteiger partial charge in [-0.2, -0.15) is 0 Å². The molecule has 0 aliphatic carbocycles. The maximum atomic E-state index is 12.9. The fourth-order valence-electron chi connectivity index (χ4n) is 6.17. The van der Waals surface area contributed by atoms with Gasteiger partial charge in [-0.15, -0.1) is 0 Å². The van der Waals surface area contributed by atoms with Crippen LogP contribution in [0.4, 0.5) is 11.4 Å². The summed E-state index contributed by atoms with van der Waals surface area (Å²) in [6.45, 7) is 5.77. The number of likely N-dealkylation sites (tertiary alicyclic amines) is 1. The summed E-state index contributed by atoms with van der Waals surface area (Å²) in [6, 6.07) is 20.4. The molecule has 3 aliphatic rings. The van der Waals surface area contributed by atoms with Crippen molar-refractivity contribution in [3.05, 3.63) is 77.4 Å². The van der Waals surface area contributed by atoms with Crippen LogP contribution in [0.2, 0.25) is 0 Å². The maximum absolute atomic E-state index is 12.9. The molecule has 196 valence electrons. The number of anilines is 2. The Hall–Kier alpha value is -3.64. The minimum Gasteiger partial charge on any atom is -0.492 e. The fraction of sp³-hybridized carbons (Fsp3) is 0.375. The molecular weight excluding hydrogens is 474 g/mol. The first-order chi connectivity index (χ1) is 18.4. The summed E-state index contributed by atoms with van der Waals surface area (Å²) in [5.41, 5.74) is 7.48.